The molecule has 0 fully saturated rings. The molecular formula is C9H16N2O3S. The topological polar surface area (TPSA) is 81.6 Å². The van der Waals surface area contributed by atoms with Crippen molar-refractivity contribution in [3.8, 4) is 0 Å². The van der Waals surface area contributed by atoms with Gasteiger partial charge in [-0.2, -0.15) is 0 Å². The number of thiocarbonyl (C=S) groups is 1. The highest BCUT2D eigenvalue weighted by molar-refractivity contribution is 7.80. The summed E-state index contributed by atoms with van der Waals surface area (Å²) in [6.45, 7) is 5.88. The van der Waals surface area contributed by atoms with Gasteiger partial charge < -0.3 is 20.8 Å². The number of rotatable bonds is 5. The van der Waals surface area contributed by atoms with Crippen molar-refractivity contribution in [1.82, 2.24) is 10.6 Å². The molecule has 0 aliphatic carbocycles. The quantitative estimate of drug-likeness (QED) is 0.372. The van der Waals surface area contributed by atoms with E-state index in [4.69, 9.17) is 22.4 Å². The lowest BCUT2D eigenvalue weighted by Gasteiger charge is -2.26. The van der Waals surface area contributed by atoms with Crippen LogP contribution in [0.2, 0.25) is 0 Å². The van der Waals surface area contributed by atoms with Gasteiger partial charge in [0, 0.05) is 0 Å². The molecular weight excluding hydrogens is 216 g/mol. The lowest BCUT2D eigenvalue weighted by atomic mass is 10.1. The van der Waals surface area contributed by atoms with Gasteiger partial charge in [-0.3, -0.25) is 4.79 Å². The number of carbonyl (C=O) groups excluding carboxylic acids is 1. The molecule has 0 spiro atoms. The van der Waals surface area contributed by atoms with E-state index < -0.39 is 11.4 Å². The largest absolute Gasteiger partial charge is 0.394 e. The number of hydrogen-bond acceptors (Lipinski definition) is 4. The van der Waals surface area contributed by atoms with E-state index in [1.54, 1.807) is 6.92 Å². The van der Waals surface area contributed by atoms with Crippen molar-refractivity contribution in [2.75, 3.05) is 13.2 Å². The molecule has 0 aromatic heterocycles. The fourth-order valence-corrected chi connectivity index (χ4v) is 0.871. The maximum atomic E-state index is 11.5. The summed E-state index contributed by atoms with van der Waals surface area (Å²) < 4.78 is 0. The van der Waals surface area contributed by atoms with Crippen molar-refractivity contribution in [3.05, 3.63) is 12.3 Å². The standard InChI is InChI=1S/C9H16N2O3S/c1-6(10-7(2)15)8(14)11-9(3,4-12)5-13/h12-13H,1,4-5H2,2-3H3,(H,10,15)(H,11,14). The van der Waals surface area contributed by atoms with E-state index >= 15 is 0 Å². The first kappa shape index (κ1) is 14.0. The number of nitrogens with one attached hydrogen (secondary N) is 2. The molecule has 86 valence electrons. The summed E-state index contributed by atoms with van der Waals surface area (Å²) in [5, 5.41) is 22.9. The van der Waals surface area contributed by atoms with E-state index in [1.807, 2.05) is 0 Å². The van der Waals surface area contributed by atoms with Gasteiger partial charge in [0.15, 0.2) is 0 Å². The van der Waals surface area contributed by atoms with Crippen LogP contribution in [0.4, 0.5) is 0 Å². The highest BCUT2D eigenvalue weighted by Crippen LogP contribution is 2.01. The van der Waals surface area contributed by atoms with Crippen LogP contribution in [0.1, 0.15) is 13.8 Å². The van der Waals surface area contributed by atoms with Crippen molar-refractivity contribution >= 4 is 23.1 Å². The number of aliphatic hydroxyl groups excluding tert-OH is 2. The van der Waals surface area contributed by atoms with E-state index in [2.05, 4.69) is 17.2 Å². The van der Waals surface area contributed by atoms with E-state index in [0.29, 0.717) is 4.99 Å². The first-order chi connectivity index (χ1) is 6.84. The first-order valence-electron chi connectivity index (χ1n) is 4.35. The van der Waals surface area contributed by atoms with Crippen LogP contribution in [0.25, 0.3) is 0 Å². The molecule has 0 radical (unpaired) electrons. The Morgan fingerprint density at radius 1 is 1.47 bits per heavy atom. The Morgan fingerprint density at radius 3 is 2.27 bits per heavy atom. The zero-order valence-electron chi connectivity index (χ0n) is 8.83. The number of aliphatic hydroxyl groups is 2. The van der Waals surface area contributed by atoms with Gasteiger partial charge in [0.1, 0.15) is 0 Å². The highest BCUT2D eigenvalue weighted by atomic mass is 32.1. The molecule has 5 nitrogen and oxygen atoms in total. The molecule has 0 saturated carbocycles. The summed E-state index contributed by atoms with van der Waals surface area (Å²) in [7, 11) is 0. The Bertz CT molecular complexity index is 275. The van der Waals surface area contributed by atoms with Gasteiger partial charge in [-0.05, 0) is 13.8 Å². The van der Waals surface area contributed by atoms with E-state index in [-0.39, 0.29) is 18.9 Å². The third-order valence-corrected chi connectivity index (χ3v) is 1.82. The monoisotopic (exact) mass is 232 g/mol. The van der Waals surface area contributed by atoms with Crippen LogP contribution in [-0.2, 0) is 4.79 Å². The van der Waals surface area contributed by atoms with Crippen molar-refractivity contribution < 1.29 is 15.0 Å². The molecule has 6 heteroatoms. The zero-order chi connectivity index (χ0) is 12.1. The second-order valence-corrected chi connectivity index (χ2v) is 4.10. The molecule has 0 heterocycles. The lowest BCUT2D eigenvalue weighted by molar-refractivity contribution is -0.120. The third kappa shape index (κ3) is 4.87. The van der Waals surface area contributed by atoms with E-state index in [9.17, 15) is 4.79 Å². The molecule has 0 aromatic carbocycles. The lowest BCUT2D eigenvalue weighted by Crippen LogP contribution is -2.53. The smallest absolute Gasteiger partial charge is 0.267 e. The molecule has 0 saturated heterocycles. The van der Waals surface area contributed by atoms with Gasteiger partial charge in [0.2, 0.25) is 0 Å². The van der Waals surface area contributed by atoms with Crippen LogP contribution in [0.15, 0.2) is 12.3 Å². The Morgan fingerprint density at radius 2 is 1.93 bits per heavy atom. The number of hydrogen-bond donors (Lipinski definition) is 4. The average Bonchev–Trinajstić information content (AvgIpc) is 2.16. The van der Waals surface area contributed by atoms with Gasteiger partial charge in [0.05, 0.1) is 29.4 Å². The Balaban J connectivity index is 4.35. The van der Waals surface area contributed by atoms with Gasteiger partial charge in [-0.1, -0.05) is 18.8 Å². The first-order valence-corrected chi connectivity index (χ1v) is 4.76. The minimum atomic E-state index is -1.06. The fraction of sp³-hybridized carbons (Fsp3) is 0.556. The van der Waals surface area contributed by atoms with E-state index in [0.717, 1.165) is 0 Å². The molecule has 4 N–H and O–H groups in total. The van der Waals surface area contributed by atoms with E-state index in [1.165, 1.54) is 6.92 Å². The summed E-state index contributed by atoms with van der Waals surface area (Å²) in [4.78, 5) is 11.9. The fourth-order valence-electron chi connectivity index (χ4n) is 0.748. The number of carbonyl (C=O) groups is 1. The van der Waals surface area contributed by atoms with Crippen LogP contribution in [0.5, 0.6) is 0 Å². The average molecular weight is 232 g/mol. The molecule has 0 atom stereocenters. The Labute approximate surface area is 94.2 Å². The molecule has 0 aromatic rings. The predicted molar refractivity (Wildman–Crippen MR) is 61.3 cm³/mol. The zero-order valence-corrected chi connectivity index (χ0v) is 9.65. The summed E-state index contributed by atoms with van der Waals surface area (Å²) in [6.07, 6.45) is 0. The maximum absolute atomic E-state index is 11.5. The molecule has 0 aliphatic heterocycles. The molecule has 1 amide bonds. The number of amides is 1. The van der Waals surface area contributed by atoms with Gasteiger partial charge in [-0.15, -0.1) is 0 Å². The second kappa shape index (κ2) is 5.79. The van der Waals surface area contributed by atoms with Crippen molar-refractivity contribution in [3.63, 3.8) is 0 Å². The van der Waals surface area contributed by atoms with Crippen LogP contribution in [0, 0.1) is 0 Å². The molecule has 0 aliphatic rings. The molecule has 15 heavy (non-hydrogen) atoms. The van der Waals surface area contributed by atoms with Crippen LogP contribution in [0.3, 0.4) is 0 Å². The normalized spacial score (nSPS) is 10.7. The molecule has 0 bridgehead atoms. The van der Waals surface area contributed by atoms with Crippen LogP contribution in [-0.4, -0.2) is 39.9 Å². The maximum Gasteiger partial charge on any atom is 0.267 e. The van der Waals surface area contributed by atoms with Crippen molar-refractivity contribution in [1.29, 1.82) is 0 Å². The van der Waals surface area contributed by atoms with Crippen LogP contribution < -0.4 is 10.6 Å². The van der Waals surface area contributed by atoms with Crippen LogP contribution >= 0.6 is 12.2 Å². The van der Waals surface area contributed by atoms with Gasteiger partial charge >= 0.3 is 0 Å². The van der Waals surface area contributed by atoms with Crippen molar-refractivity contribution in [2.45, 2.75) is 19.4 Å². The minimum Gasteiger partial charge on any atom is -0.394 e. The Hall–Kier alpha value is -0.980. The predicted octanol–water partition coefficient (Wildman–Crippen LogP) is -0.704. The van der Waals surface area contributed by atoms with Gasteiger partial charge in [0.25, 0.3) is 5.91 Å². The van der Waals surface area contributed by atoms with Crippen molar-refractivity contribution in [2.24, 2.45) is 0 Å². The summed E-state index contributed by atoms with van der Waals surface area (Å²) in [6, 6.07) is 0. The molecule has 0 unspecified atom stereocenters. The molecule has 0 rings (SSSR count). The van der Waals surface area contributed by atoms with Gasteiger partial charge in [-0.25, -0.2) is 0 Å². The summed E-state index contributed by atoms with van der Waals surface area (Å²) >= 11 is 4.74. The Kier molecular flexibility index (Phi) is 5.41. The highest BCUT2D eigenvalue weighted by Gasteiger charge is 2.25. The third-order valence-electron chi connectivity index (χ3n) is 1.71. The summed E-state index contributed by atoms with van der Waals surface area (Å²) in [5.41, 5.74) is -0.979. The summed E-state index contributed by atoms with van der Waals surface area (Å²) in [5.74, 6) is -0.509. The second-order valence-electron chi connectivity index (χ2n) is 3.49. The SMILES string of the molecule is C=C(NC(C)=S)C(=O)NC(C)(CO)CO. The minimum absolute atomic E-state index is 0.0793.